The van der Waals surface area contributed by atoms with Crippen LogP contribution in [0.25, 0.3) is 0 Å². The van der Waals surface area contributed by atoms with Crippen LogP contribution in [-0.4, -0.2) is 56.0 Å². The van der Waals surface area contributed by atoms with E-state index < -0.39 is 9.84 Å². The van der Waals surface area contributed by atoms with Crippen molar-refractivity contribution in [3.05, 3.63) is 0 Å². The molecule has 0 bridgehead atoms. The number of nitrogens with zero attached hydrogens (tertiary/aromatic N) is 1. The maximum absolute atomic E-state index is 11.4. The molecule has 17 heavy (non-hydrogen) atoms. The van der Waals surface area contributed by atoms with Crippen molar-refractivity contribution in [3.63, 3.8) is 0 Å². The van der Waals surface area contributed by atoms with Gasteiger partial charge in [0, 0.05) is 18.1 Å². The molecule has 2 fully saturated rings. The molecule has 0 radical (unpaired) electrons. The first kappa shape index (κ1) is 13.3. The van der Waals surface area contributed by atoms with Crippen LogP contribution in [0, 0.1) is 0 Å². The van der Waals surface area contributed by atoms with Crippen LogP contribution in [0.2, 0.25) is 0 Å². The Bertz CT molecular complexity index is 346. The van der Waals surface area contributed by atoms with Crippen molar-refractivity contribution in [2.75, 3.05) is 24.6 Å². The van der Waals surface area contributed by atoms with E-state index >= 15 is 0 Å². The molecule has 0 aromatic carbocycles. The fraction of sp³-hybridized carbons (Fsp3) is 1.00. The highest BCUT2D eigenvalue weighted by molar-refractivity contribution is 7.91. The first-order valence-corrected chi connectivity index (χ1v) is 8.49. The second kappa shape index (κ2) is 5.24. The summed E-state index contributed by atoms with van der Waals surface area (Å²) in [7, 11) is -2.74. The Balaban J connectivity index is 1.75. The first-order chi connectivity index (χ1) is 7.96. The molecule has 4 nitrogen and oxygen atoms in total. The molecule has 100 valence electrons. The summed E-state index contributed by atoms with van der Waals surface area (Å²) in [6.45, 7) is 6.73. The normalized spacial score (nSPS) is 31.1. The molecule has 1 N–H and O–H groups in total. The topological polar surface area (TPSA) is 49.4 Å². The van der Waals surface area contributed by atoms with Gasteiger partial charge in [-0.05, 0) is 46.2 Å². The van der Waals surface area contributed by atoms with Crippen LogP contribution in [0.4, 0.5) is 0 Å². The summed E-state index contributed by atoms with van der Waals surface area (Å²) < 4.78 is 22.8. The lowest BCUT2D eigenvalue weighted by molar-refractivity contribution is 0.157. The minimum Gasteiger partial charge on any atom is -0.310 e. The number of hydrogen-bond acceptors (Lipinski definition) is 4. The molecule has 1 unspecified atom stereocenters. The standard InChI is InChI=1S/C12H24N2O2S/c1-10(2)14-6-3-11(4-7-14)13-12-5-8-17(15,16)9-12/h10-13H,3-9H2,1-2H3. The molecule has 2 heterocycles. The van der Waals surface area contributed by atoms with Crippen molar-refractivity contribution in [2.45, 2.75) is 51.2 Å². The van der Waals surface area contributed by atoms with E-state index in [2.05, 4.69) is 24.1 Å². The molecular formula is C12H24N2O2S. The maximum Gasteiger partial charge on any atom is 0.151 e. The summed E-state index contributed by atoms with van der Waals surface area (Å²) in [5.74, 6) is 0.715. The van der Waals surface area contributed by atoms with Crippen LogP contribution >= 0.6 is 0 Å². The predicted molar refractivity (Wildman–Crippen MR) is 69.9 cm³/mol. The zero-order valence-electron chi connectivity index (χ0n) is 10.9. The monoisotopic (exact) mass is 260 g/mol. The van der Waals surface area contributed by atoms with Gasteiger partial charge in [-0.3, -0.25) is 0 Å². The zero-order chi connectivity index (χ0) is 12.5. The van der Waals surface area contributed by atoms with E-state index in [9.17, 15) is 8.42 Å². The summed E-state index contributed by atoms with van der Waals surface area (Å²) in [5.41, 5.74) is 0. The Kier molecular flexibility index (Phi) is 4.10. The fourth-order valence-corrected chi connectivity index (χ4v) is 4.53. The summed E-state index contributed by atoms with van der Waals surface area (Å²) in [4.78, 5) is 2.49. The molecule has 2 aliphatic rings. The summed E-state index contributed by atoms with van der Waals surface area (Å²) in [6.07, 6.45) is 3.09. The predicted octanol–water partition coefficient (Wildman–Crippen LogP) is 0.636. The third-order valence-electron chi connectivity index (χ3n) is 3.96. The van der Waals surface area contributed by atoms with Gasteiger partial charge < -0.3 is 10.2 Å². The van der Waals surface area contributed by atoms with Gasteiger partial charge in [-0.1, -0.05) is 0 Å². The number of likely N-dealkylation sites (tertiary alicyclic amines) is 1. The van der Waals surface area contributed by atoms with E-state index in [0.717, 1.165) is 32.4 Å². The Morgan fingerprint density at radius 2 is 1.76 bits per heavy atom. The third kappa shape index (κ3) is 3.66. The molecule has 0 aliphatic carbocycles. The molecule has 2 saturated heterocycles. The van der Waals surface area contributed by atoms with Gasteiger partial charge in [-0.2, -0.15) is 0 Å². The highest BCUT2D eigenvalue weighted by Gasteiger charge is 2.30. The smallest absolute Gasteiger partial charge is 0.151 e. The van der Waals surface area contributed by atoms with E-state index in [0.29, 0.717) is 23.6 Å². The van der Waals surface area contributed by atoms with E-state index in [1.165, 1.54) is 0 Å². The van der Waals surface area contributed by atoms with Gasteiger partial charge >= 0.3 is 0 Å². The number of sulfone groups is 1. The lowest BCUT2D eigenvalue weighted by atomic mass is 10.0. The average Bonchev–Trinajstić information content (AvgIpc) is 2.59. The SMILES string of the molecule is CC(C)N1CCC(NC2CCS(=O)(=O)C2)CC1. The van der Waals surface area contributed by atoms with Gasteiger partial charge in [-0.15, -0.1) is 0 Å². The number of rotatable bonds is 3. The molecule has 0 amide bonds. The first-order valence-electron chi connectivity index (χ1n) is 6.67. The molecule has 1 atom stereocenters. The van der Waals surface area contributed by atoms with E-state index in [1.807, 2.05) is 0 Å². The van der Waals surface area contributed by atoms with Gasteiger partial charge in [-0.25, -0.2) is 8.42 Å². The maximum atomic E-state index is 11.4. The summed E-state index contributed by atoms with van der Waals surface area (Å²) in [6, 6.07) is 1.35. The van der Waals surface area contributed by atoms with Crippen molar-refractivity contribution < 1.29 is 8.42 Å². The van der Waals surface area contributed by atoms with Gasteiger partial charge in [0.15, 0.2) is 9.84 Å². The van der Waals surface area contributed by atoms with Crippen LogP contribution in [0.1, 0.15) is 33.1 Å². The molecule has 5 heteroatoms. The highest BCUT2D eigenvalue weighted by Crippen LogP contribution is 2.17. The molecule has 2 aliphatic heterocycles. The van der Waals surface area contributed by atoms with E-state index in [4.69, 9.17) is 0 Å². The Morgan fingerprint density at radius 1 is 1.12 bits per heavy atom. The van der Waals surface area contributed by atoms with Crippen LogP contribution < -0.4 is 5.32 Å². The van der Waals surface area contributed by atoms with Crippen LogP contribution in [0.15, 0.2) is 0 Å². The number of piperidine rings is 1. The molecular weight excluding hydrogens is 236 g/mol. The Labute approximate surface area is 105 Å². The third-order valence-corrected chi connectivity index (χ3v) is 5.73. The minimum absolute atomic E-state index is 0.204. The Hall–Kier alpha value is -0.130. The Morgan fingerprint density at radius 3 is 2.24 bits per heavy atom. The van der Waals surface area contributed by atoms with Gasteiger partial charge in [0.05, 0.1) is 11.5 Å². The van der Waals surface area contributed by atoms with Gasteiger partial charge in [0.25, 0.3) is 0 Å². The lowest BCUT2D eigenvalue weighted by Crippen LogP contribution is -2.48. The second-order valence-corrected chi connectivity index (χ2v) is 7.90. The zero-order valence-corrected chi connectivity index (χ0v) is 11.7. The van der Waals surface area contributed by atoms with Gasteiger partial charge in [0.1, 0.15) is 0 Å². The van der Waals surface area contributed by atoms with Crippen molar-refractivity contribution in [1.82, 2.24) is 10.2 Å². The quantitative estimate of drug-likeness (QED) is 0.809. The molecule has 0 aromatic heterocycles. The minimum atomic E-state index is -2.74. The molecule has 0 saturated carbocycles. The van der Waals surface area contributed by atoms with Crippen molar-refractivity contribution in [1.29, 1.82) is 0 Å². The van der Waals surface area contributed by atoms with Gasteiger partial charge in [0.2, 0.25) is 0 Å². The summed E-state index contributed by atoms with van der Waals surface area (Å²) >= 11 is 0. The lowest BCUT2D eigenvalue weighted by Gasteiger charge is -2.36. The van der Waals surface area contributed by atoms with Crippen molar-refractivity contribution in [2.24, 2.45) is 0 Å². The summed E-state index contributed by atoms with van der Waals surface area (Å²) in [5, 5.41) is 3.53. The molecule has 0 aromatic rings. The average molecular weight is 260 g/mol. The fourth-order valence-electron chi connectivity index (χ4n) is 2.84. The van der Waals surface area contributed by atoms with E-state index in [1.54, 1.807) is 0 Å². The van der Waals surface area contributed by atoms with Crippen molar-refractivity contribution >= 4 is 9.84 Å². The number of nitrogens with one attached hydrogen (secondary N) is 1. The van der Waals surface area contributed by atoms with Crippen LogP contribution in [-0.2, 0) is 9.84 Å². The highest BCUT2D eigenvalue weighted by atomic mass is 32.2. The van der Waals surface area contributed by atoms with Crippen LogP contribution in [0.3, 0.4) is 0 Å². The second-order valence-electron chi connectivity index (χ2n) is 5.67. The molecule has 0 spiro atoms. The number of hydrogen-bond donors (Lipinski definition) is 1. The molecule has 2 rings (SSSR count). The van der Waals surface area contributed by atoms with Crippen LogP contribution in [0.5, 0.6) is 0 Å². The van der Waals surface area contributed by atoms with Crippen molar-refractivity contribution in [3.8, 4) is 0 Å². The van der Waals surface area contributed by atoms with E-state index in [-0.39, 0.29) is 6.04 Å². The largest absolute Gasteiger partial charge is 0.310 e.